The first-order chi connectivity index (χ1) is 7.94. The van der Waals surface area contributed by atoms with E-state index in [4.69, 9.17) is 0 Å². The number of hydrogen-bond acceptors (Lipinski definition) is 4. The number of rotatable bonds is 2. The van der Waals surface area contributed by atoms with Gasteiger partial charge in [0.25, 0.3) is 0 Å². The molecule has 0 aromatic carbocycles. The number of fused-ring (bicyclic) bond motifs is 1. The SMILES string of the molecule is CC1(C)C(Nc2ncnc3sccc23)C1(C)C. The molecule has 0 saturated heterocycles. The van der Waals surface area contributed by atoms with Gasteiger partial charge in [0, 0.05) is 6.04 Å². The molecule has 4 heteroatoms. The monoisotopic (exact) mass is 247 g/mol. The third-order valence-electron chi connectivity index (χ3n) is 4.56. The molecule has 1 saturated carbocycles. The van der Waals surface area contributed by atoms with Gasteiger partial charge in [0.05, 0.1) is 5.39 Å². The third kappa shape index (κ3) is 1.40. The molecule has 1 N–H and O–H groups in total. The van der Waals surface area contributed by atoms with Gasteiger partial charge in [-0.25, -0.2) is 9.97 Å². The Morgan fingerprint density at radius 3 is 2.53 bits per heavy atom. The Morgan fingerprint density at radius 1 is 1.18 bits per heavy atom. The lowest BCUT2D eigenvalue weighted by molar-refractivity contribution is 0.457. The molecule has 0 unspecified atom stereocenters. The fourth-order valence-electron chi connectivity index (χ4n) is 2.60. The molecule has 0 aliphatic heterocycles. The lowest BCUT2D eigenvalue weighted by atomic mass is 10.0. The van der Waals surface area contributed by atoms with Crippen LogP contribution in [0.5, 0.6) is 0 Å². The van der Waals surface area contributed by atoms with Crippen molar-refractivity contribution in [2.45, 2.75) is 33.7 Å². The van der Waals surface area contributed by atoms with Crippen LogP contribution in [0.15, 0.2) is 17.8 Å². The Kier molecular flexibility index (Phi) is 2.06. The van der Waals surface area contributed by atoms with Crippen molar-refractivity contribution in [1.82, 2.24) is 9.97 Å². The van der Waals surface area contributed by atoms with Crippen LogP contribution in [0.25, 0.3) is 10.2 Å². The van der Waals surface area contributed by atoms with E-state index in [9.17, 15) is 0 Å². The zero-order valence-corrected chi connectivity index (χ0v) is 11.4. The normalized spacial score (nSPS) is 21.6. The van der Waals surface area contributed by atoms with Gasteiger partial charge in [0.2, 0.25) is 0 Å². The first kappa shape index (κ1) is 11.0. The maximum atomic E-state index is 4.37. The van der Waals surface area contributed by atoms with Crippen LogP contribution < -0.4 is 5.32 Å². The summed E-state index contributed by atoms with van der Waals surface area (Å²) in [6, 6.07) is 2.57. The molecule has 90 valence electrons. The van der Waals surface area contributed by atoms with E-state index >= 15 is 0 Å². The van der Waals surface area contributed by atoms with E-state index in [1.807, 2.05) is 0 Å². The van der Waals surface area contributed by atoms with Gasteiger partial charge in [-0.3, -0.25) is 0 Å². The van der Waals surface area contributed by atoms with Crippen molar-refractivity contribution in [2.24, 2.45) is 10.8 Å². The van der Waals surface area contributed by atoms with Crippen molar-refractivity contribution >= 4 is 27.4 Å². The van der Waals surface area contributed by atoms with Crippen molar-refractivity contribution < 1.29 is 0 Å². The third-order valence-corrected chi connectivity index (χ3v) is 5.38. The van der Waals surface area contributed by atoms with Gasteiger partial charge in [-0.15, -0.1) is 11.3 Å². The summed E-state index contributed by atoms with van der Waals surface area (Å²) in [6.07, 6.45) is 1.64. The lowest BCUT2D eigenvalue weighted by Gasteiger charge is -2.07. The molecule has 1 aliphatic rings. The first-order valence-corrected chi connectivity index (χ1v) is 6.77. The van der Waals surface area contributed by atoms with E-state index in [0.717, 1.165) is 16.0 Å². The van der Waals surface area contributed by atoms with Gasteiger partial charge in [-0.2, -0.15) is 0 Å². The summed E-state index contributed by atoms with van der Waals surface area (Å²) >= 11 is 1.66. The molecule has 0 amide bonds. The number of thiophene rings is 1. The highest BCUT2D eigenvalue weighted by molar-refractivity contribution is 7.16. The average Bonchev–Trinajstić information content (AvgIpc) is 2.68. The minimum absolute atomic E-state index is 0.320. The molecule has 2 aromatic rings. The standard InChI is InChI=1S/C13H17N3S/c1-12(2)11(13(12,3)4)16-9-8-5-6-17-10(8)15-7-14-9/h5-7,11H,1-4H3,(H,14,15,16). The molecule has 1 fully saturated rings. The maximum absolute atomic E-state index is 4.37. The molecular weight excluding hydrogens is 230 g/mol. The summed E-state index contributed by atoms with van der Waals surface area (Å²) in [7, 11) is 0. The van der Waals surface area contributed by atoms with Gasteiger partial charge in [-0.1, -0.05) is 27.7 Å². The highest BCUT2D eigenvalue weighted by Crippen LogP contribution is 2.63. The minimum Gasteiger partial charge on any atom is -0.366 e. The number of hydrogen-bond donors (Lipinski definition) is 1. The van der Waals surface area contributed by atoms with Crippen LogP contribution in [0.3, 0.4) is 0 Å². The summed E-state index contributed by atoms with van der Waals surface area (Å²) in [5, 5.41) is 6.78. The molecule has 3 rings (SSSR count). The predicted octanol–water partition coefficient (Wildman–Crippen LogP) is 3.54. The van der Waals surface area contributed by atoms with Crippen molar-refractivity contribution in [1.29, 1.82) is 0 Å². The molecule has 0 bridgehead atoms. The maximum Gasteiger partial charge on any atom is 0.138 e. The topological polar surface area (TPSA) is 37.8 Å². The van der Waals surface area contributed by atoms with Crippen LogP contribution in [-0.4, -0.2) is 16.0 Å². The second-order valence-corrected chi connectivity index (χ2v) is 6.78. The molecule has 2 aromatic heterocycles. The van der Waals surface area contributed by atoms with Crippen molar-refractivity contribution in [3.05, 3.63) is 17.8 Å². The van der Waals surface area contributed by atoms with Crippen molar-refractivity contribution in [3.8, 4) is 0 Å². The summed E-state index contributed by atoms with van der Waals surface area (Å²) in [4.78, 5) is 9.70. The van der Waals surface area contributed by atoms with E-state index < -0.39 is 0 Å². The molecule has 1 aliphatic carbocycles. The zero-order chi connectivity index (χ0) is 12.3. The summed E-state index contributed by atoms with van der Waals surface area (Å²) < 4.78 is 0. The Labute approximate surface area is 105 Å². The number of nitrogens with zero attached hydrogens (tertiary/aromatic N) is 2. The van der Waals surface area contributed by atoms with Gasteiger partial charge in [0.15, 0.2) is 0 Å². The highest BCUT2D eigenvalue weighted by atomic mass is 32.1. The Bertz CT molecular complexity index is 557. The quantitative estimate of drug-likeness (QED) is 0.882. The van der Waals surface area contributed by atoms with Crippen LogP contribution in [0.1, 0.15) is 27.7 Å². The molecule has 0 spiro atoms. The fraction of sp³-hybridized carbons (Fsp3) is 0.538. The number of anilines is 1. The minimum atomic E-state index is 0.320. The van der Waals surface area contributed by atoms with Gasteiger partial charge >= 0.3 is 0 Å². The van der Waals surface area contributed by atoms with E-state index in [1.165, 1.54) is 0 Å². The largest absolute Gasteiger partial charge is 0.366 e. The second-order valence-electron chi connectivity index (χ2n) is 5.88. The molecule has 17 heavy (non-hydrogen) atoms. The van der Waals surface area contributed by atoms with Crippen LogP contribution in [0, 0.1) is 10.8 Å². The molecule has 3 nitrogen and oxygen atoms in total. The first-order valence-electron chi connectivity index (χ1n) is 5.89. The number of aromatic nitrogens is 2. The van der Waals surface area contributed by atoms with E-state index in [-0.39, 0.29) is 0 Å². The predicted molar refractivity (Wildman–Crippen MR) is 72.4 cm³/mol. The highest BCUT2D eigenvalue weighted by Gasteiger charge is 2.65. The molecule has 2 heterocycles. The number of nitrogens with one attached hydrogen (secondary N) is 1. The lowest BCUT2D eigenvalue weighted by Crippen LogP contribution is -2.11. The molecule has 0 radical (unpaired) electrons. The van der Waals surface area contributed by atoms with Gasteiger partial charge in [-0.05, 0) is 22.3 Å². The van der Waals surface area contributed by atoms with Crippen LogP contribution >= 0.6 is 11.3 Å². The summed E-state index contributed by atoms with van der Waals surface area (Å²) in [5.74, 6) is 0.972. The summed E-state index contributed by atoms with van der Waals surface area (Å²) in [6.45, 7) is 9.21. The fourth-order valence-corrected chi connectivity index (χ4v) is 3.33. The van der Waals surface area contributed by atoms with E-state index in [2.05, 4.69) is 54.4 Å². The summed E-state index contributed by atoms with van der Waals surface area (Å²) in [5.41, 5.74) is 0.639. The molecular formula is C13H17N3S. The Balaban J connectivity index is 1.95. The second kappa shape index (κ2) is 3.19. The van der Waals surface area contributed by atoms with Crippen LogP contribution in [0.4, 0.5) is 5.82 Å². The smallest absolute Gasteiger partial charge is 0.138 e. The van der Waals surface area contributed by atoms with E-state index in [0.29, 0.717) is 16.9 Å². The molecule has 0 atom stereocenters. The van der Waals surface area contributed by atoms with Crippen LogP contribution in [-0.2, 0) is 0 Å². The van der Waals surface area contributed by atoms with E-state index in [1.54, 1.807) is 17.7 Å². The van der Waals surface area contributed by atoms with Gasteiger partial charge < -0.3 is 5.32 Å². The average molecular weight is 247 g/mol. The van der Waals surface area contributed by atoms with Crippen LogP contribution in [0.2, 0.25) is 0 Å². The van der Waals surface area contributed by atoms with Gasteiger partial charge in [0.1, 0.15) is 17.0 Å². The van der Waals surface area contributed by atoms with Crippen molar-refractivity contribution in [2.75, 3.05) is 5.32 Å². The Morgan fingerprint density at radius 2 is 1.88 bits per heavy atom. The Hall–Kier alpha value is -1.16. The van der Waals surface area contributed by atoms with Crippen molar-refractivity contribution in [3.63, 3.8) is 0 Å². The zero-order valence-electron chi connectivity index (χ0n) is 10.6.